The number of esters is 1. The van der Waals surface area contributed by atoms with E-state index in [4.69, 9.17) is 9.47 Å². The molecule has 0 fully saturated rings. The zero-order chi connectivity index (χ0) is 29.8. The van der Waals surface area contributed by atoms with Gasteiger partial charge in [0, 0.05) is 29.7 Å². The van der Waals surface area contributed by atoms with Gasteiger partial charge in [0.15, 0.2) is 0 Å². The summed E-state index contributed by atoms with van der Waals surface area (Å²) in [5, 5.41) is 0.441. The highest BCUT2D eigenvalue weighted by molar-refractivity contribution is 6.02. The molecule has 2 aliphatic rings. The van der Waals surface area contributed by atoms with Crippen molar-refractivity contribution in [1.29, 1.82) is 0 Å². The van der Waals surface area contributed by atoms with Crippen LogP contribution in [0.5, 0.6) is 5.75 Å². The van der Waals surface area contributed by atoms with Gasteiger partial charge in [-0.15, -0.1) is 0 Å². The minimum Gasteiger partial charge on any atom is -0.495 e. The van der Waals surface area contributed by atoms with E-state index in [2.05, 4.69) is 4.99 Å². The van der Waals surface area contributed by atoms with Gasteiger partial charge < -0.3 is 23.8 Å². The summed E-state index contributed by atoms with van der Waals surface area (Å²) >= 11 is 0. The van der Waals surface area contributed by atoms with E-state index < -0.39 is 29.6 Å². The molecule has 4 aromatic rings. The van der Waals surface area contributed by atoms with Crippen LogP contribution in [0, 0.1) is 11.6 Å². The van der Waals surface area contributed by atoms with Crippen molar-refractivity contribution >= 4 is 34.2 Å². The van der Waals surface area contributed by atoms with Gasteiger partial charge in [0.1, 0.15) is 23.1 Å². The summed E-state index contributed by atoms with van der Waals surface area (Å²) in [5.74, 6) is -1.46. The lowest BCUT2D eigenvalue weighted by Crippen LogP contribution is -2.50. The second kappa shape index (κ2) is 10.3. The molecule has 7 nitrogen and oxygen atoms in total. The summed E-state index contributed by atoms with van der Waals surface area (Å²) in [7, 11) is 2.52. The first-order chi connectivity index (χ1) is 20.1. The van der Waals surface area contributed by atoms with E-state index in [9.17, 15) is 22.4 Å². The van der Waals surface area contributed by atoms with Gasteiger partial charge in [-0.25, -0.2) is 13.8 Å². The number of carbonyl (C=O) groups is 1. The molecule has 1 unspecified atom stereocenters. The number of nitrogens with zero attached hydrogens (tertiary/aromatic N) is 4. The predicted octanol–water partition coefficient (Wildman–Crippen LogP) is 6.57. The Hall–Kier alpha value is -4.61. The standard InChI is InChI=1S/C30H25F5N4O3/c1-41-26-10-9-17(30(33,34)35)13-25(26)39-24(15-27(40)42-2)19-5-3-7-22(32)28(19)36-29(39)37-11-12-38-18(16-37)14-20-21(31)6-4-8-23(20)38/h3-10,13-14,24H,11-12,15-16H2,1-2H3. The van der Waals surface area contributed by atoms with E-state index in [1.54, 1.807) is 23.1 Å². The number of alkyl halides is 3. The van der Waals surface area contributed by atoms with Crippen LogP contribution in [0.3, 0.4) is 0 Å². The summed E-state index contributed by atoms with van der Waals surface area (Å²) in [4.78, 5) is 20.6. The number of para-hydroxylation sites is 1. The molecule has 0 saturated carbocycles. The number of benzene rings is 3. The minimum absolute atomic E-state index is 0.00736. The second-order valence-corrected chi connectivity index (χ2v) is 10.0. The lowest BCUT2D eigenvalue weighted by Gasteiger charge is -2.43. The van der Waals surface area contributed by atoms with Gasteiger partial charge >= 0.3 is 12.1 Å². The Bertz CT molecular complexity index is 1730. The molecule has 42 heavy (non-hydrogen) atoms. The number of rotatable bonds is 4. The van der Waals surface area contributed by atoms with Gasteiger partial charge in [0.05, 0.1) is 50.0 Å². The summed E-state index contributed by atoms with van der Waals surface area (Å²) in [6.45, 7) is 0.915. The molecule has 0 N–H and O–H groups in total. The zero-order valence-corrected chi connectivity index (χ0v) is 22.6. The van der Waals surface area contributed by atoms with E-state index in [1.165, 1.54) is 43.4 Å². The number of aromatic nitrogens is 1. The maximum Gasteiger partial charge on any atom is 0.416 e. The number of hydrogen-bond donors (Lipinski definition) is 0. The van der Waals surface area contributed by atoms with Gasteiger partial charge in [-0.1, -0.05) is 18.2 Å². The Morgan fingerprint density at radius 2 is 1.76 bits per heavy atom. The molecule has 12 heteroatoms. The molecule has 2 aliphatic heterocycles. The monoisotopic (exact) mass is 584 g/mol. The van der Waals surface area contributed by atoms with Gasteiger partial charge in [-0.05, 0) is 42.5 Å². The van der Waals surface area contributed by atoms with Crippen LogP contribution in [0.2, 0.25) is 0 Å². The first kappa shape index (κ1) is 27.6. The fraction of sp³-hybridized carbons (Fsp3) is 0.267. The number of ether oxygens (including phenoxy) is 2. The summed E-state index contributed by atoms with van der Waals surface area (Å²) in [6.07, 6.45) is -4.99. The van der Waals surface area contributed by atoms with Gasteiger partial charge in [0.2, 0.25) is 5.96 Å². The second-order valence-electron chi connectivity index (χ2n) is 10.0. The quantitative estimate of drug-likeness (QED) is 0.201. The molecule has 1 aromatic heterocycles. The van der Waals surface area contributed by atoms with Crippen molar-refractivity contribution in [3.05, 3.63) is 89.1 Å². The fourth-order valence-electron chi connectivity index (χ4n) is 5.71. The largest absolute Gasteiger partial charge is 0.495 e. The molecule has 0 radical (unpaired) electrons. The van der Waals surface area contributed by atoms with Crippen molar-refractivity contribution in [2.45, 2.75) is 31.7 Å². The van der Waals surface area contributed by atoms with Crippen LogP contribution in [0.4, 0.5) is 33.3 Å². The fourth-order valence-corrected chi connectivity index (χ4v) is 5.71. The Morgan fingerprint density at radius 3 is 2.50 bits per heavy atom. The lowest BCUT2D eigenvalue weighted by molar-refractivity contribution is -0.141. The van der Waals surface area contributed by atoms with Crippen molar-refractivity contribution in [1.82, 2.24) is 9.47 Å². The summed E-state index contributed by atoms with van der Waals surface area (Å²) in [6, 6.07) is 12.8. The number of methoxy groups -OCH3 is 2. The number of carbonyl (C=O) groups excluding carboxylic acids is 1. The van der Waals surface area contributed by atoms with Gasteiger partial charge in [-0.2, -0.15) is 13.2 Å². The van der Waals surface area contributed by atoms with Gasteiger partial charge in [0.25, 0.3) is 0 Å². The minimum atomic E-state index is -4.67. The highest BCUT2D eigenvalue weighted by atomic mass is 19.4. The molecular formula is C30H25F5N4O3. The summed E-state index contributed by atoms with van der Waals surface area (Å²) < 4.78 is 84.0. The van der Waals surface area contributed by atoms with E-state index in [0.717, 1.165) is 17.8 Å². The average Bonchev–Trinajstić information content (AvgIpc) is 3.35. The number of halogens is 5. The molecule has 0 spiro atoms. The Kier molecular flexibility index (Phi) is 6.78. The van der Waals surface area contributed by atoms with Crippen molar-refractivity contribution in [3.63, 3.8) is 0 Å². The smallest absolute Gasteiger partial charge is 0.416 e. The molecule has 3 aromatic carbocycles. The van der Waals surface area contributed by atoms with E-state index >= 15 is 4.39 Å². The van der Waals surface area contributed by atoms with Crippen molar-refractivity contribution in [2.75, 3.05) is 25.7 Å². The number of aliphatic imine (C=N–C) groups is 1. The highest BCUT2D eigenvalue weighted by Gasteiger charge is 2.40. The highest BCUT2D eigenvalue weighted by Crippen LogP contribution is 2.46. The van der Waals surface area contributed by atoms with Gasteiger partial charge in [-0.3, -0.25) is 4.79 Å². The number of hydrogen-bond acceptors (Lipinski definition) is 6. The Labute approximate surface area is 237 Å². The summed E-state index contributed by atoms with van der Waals surface area (Å²) in [5.41, 5.74) is 0.786. The Morgan fingerprint density at radius 1 is 1.00 bits per heavy atom. The third kappa shape index (κ3) is 4.60. The third-order valence-corrected chi connectivity index (χ3v) is 7.68. The average molecular weight is 585 g/mol. The van der Waals surface area contributed by atoms with E-state index in [-0.39, 0.29) is 41.9 Å². The SMILES string of the molecule is COC(=O)CC1c2cccc(F)c2N=C(N2CCn3c(cc4c(F)cccc43)C2)N1c1cc(C(F)(F)F)ccc1OC. The molecule has 0 amide bonds. The zero-order valence-electron chi connectivity index (χ0n) is 22.6. The van der Waals surface area contributed by atoms with Crippen LogP contribution in [-0.4, -0.2) is 42.2 Å². The van der Waals surface area contributed by atoms with E-state index in [0.29, 0.717) is 29.6 Å². The van der Waals surface area contributed by atoms with Crippen molar-refractivity contribution < 1.29 is 36.2 Å². The molecule has 3 heterocycles. The topological polar surface area (TPSA) is 59.3 Å². The number of fused-ring (bicyclic) bond motifs is 4. The first-order valence-corrected chi connectivity index (χ1v) is 13.1. The lowest BCUT2D eigenvalue weighted by atomic mass is 9.96. The first-order valence-electron chi connectivity index (χ1n) is 13.1. The van der Waals surface area contributed by atoms with Crippen LogP contribution in [0.1, 0.15) is 29.3 Å². The maximum absolute atomic E-state index is 15.2. The van der Waals surface area contributed by atoms with Crippen molar-refractivity contribution in [2.24, 2.45) is 4.99 Å². The molecule has 1 atom stereocenters. The molecular weight excluding hydrogens is 559 g/mol. The molecule has 0 bridgehead atoms. The van der Waals surface area contributed by atoms with E-state index in [1.807, 2.05) is 10.6 Å². The van der Waals surface area contributed by atoms with Crippen LogP contribution in [0.25, 0.3) is 10.9 Å². The van der Waals surface area contributed by atoms with Crippen LogP contribution in [-0.2, 0) is 28.8 Å². The predicted molar refractivity (Wildman–Crippen MR) is 146 cm³/mol. The normalized spacial score (nSPS) is 16.6. The third-order valence-electron chi connectivity index (χ3n) is 7.68. The van der Waals surface area contributed by atoms with Crippen LogP contribution < -0.4 is 9.64 Å². The Balaban J connectivity index is 1.55. The maximum atomic E-state index is 15.2. The number of guanidine groups is 1. The van der Waals surface area contributed by atoms with Crippen molar-refractivity contribution in [3.8, 4) is 5.75 Å². The molecule has 0 saturated heterocycles. The number of anilines is 1. The van der Waals surface area contributed by atoms with Crippen LogP contribution >= 0.6 is 0 Å². The molecule has 6 rings (SSSR count). The molecule has 218 valence electrons. The van der Waals surface area contributed by atoms with Crippen LogP contribution in [0.15, 0.2) is 65.7 Å². The molecule has 0 aliphatic carbocycles.